The summed E-state index contributed by atoms with van der Waals surface area (Å²) in [5, 5.41) is 8.51. The van der Waals surface area contributed by atoms with Crippen LogP contribution in [0.2, 0.25) is 0 Å². The quantitative estimate of drug-likeness (QED) is 0.168. The van der Waals surface area contributed by atoms with E-state index in [4.69, 9.17) is 4.98 Å². The van der Waals surface area contributed by atoms with Crippen molar-refractivity contribution < 1.29 is 0 Å². The van der Waals surface area contributed by atoms with Gasteiger partial charge in [-0.2, -0.15) is 0 Å². The molecular weight excluding hydrogens is 627 g/mol. The average molecular weight is 660 g/mol. The molecule has 0 bridgehead atoms. The molecule has 10 aromatic rings. The smallest absolute Gasteiger partial charge is 0.0715 e. The lowest BCUT2D eigenvalue weighted by atomic mass is 9.87. The van der Waals surface area contributed by atoms with Gasteiger partial charge in [0.15, 0.2) is 0 Å². The van der Waals surface area contributed by atoms with Gasteiger partial charge in [0.05, 0.1) is 11.2 Å². The molecule has 0 N–H and O–H groups in total. The average Bonchev–Trinajstić information content (AvgIpc) is 3.22. The van der Waals surface area contributed by atoms with Crippen molar-refractivity contribution in [2.45, 2.75) is 0 Å². The van der Waals surface area contributed by atoms with Crippen molar-refractivity contribution in [3.05, 3.63) is 200 Å². The normalized spacial score (nSPS) is 11.5. The fourth-order valence-electron chi connectivity index (χ4n) is 7.90. The highest BCUT2D eigenvalue weighted by atomic mass is 14.7. The summed E-state index contributed by atoms with van der Waals surface area (Å²) in [6.07, 6.45) is 0. The zero-order chi connectivity index (χ0) is 34.4. The first-order valence-electron chi connectivity index (χ1n) is 17.9. The van der Waals surface area contributed by atoms with Crippen LogP contribution in [0.25, 0.3) is 99.0 Å². The van der Waals surface area contributed by atoms with Crippen LogP contribution in [0, 0.1) is 0 Å². The van der Waals surface area contributed by atoms with E-state index in [1.807, 2.05) is 0 Å². The Bertz CT molecular complexity index is 2800. The SMILES string of the molecule is c1ccc(-c2ccc(-c3cc(-c4ccc5cc6ccccc6cc5n4)cc(-c4ccc(-c5ccccc5)c5ccccc45)c3)c3ccccc23)cc1. The molecule has 0 aliphatic carbocycles. The maximum absolute atomic E-state index is 5.30. The van der Waals surface area contributed by atoms with E-state index in [-0.39, 0.29) is 0 Å². The number of rotatable bonds is 5. The summed E-state index contributed by atoms with van der Waals surface area (Å²) in [5.41, 5.74) is 12.7. The highest BCUT2D eigenvalue weighted by Crippen LogP contribution is 2.42. The van der Waals surface area contributed by atoms with E-state index in [2.05, 4.69) is 200 Å². The Morgan fingerprint density at radius 1 is 0.250 bits per heavy atom. The second kappa shape index (κ2) is 12.5. The van der Waals surface area contributed by atoms with Crippen LogP contribution in [-0.4, -0.2) is 4.98 Å². The van der Waals surface area contributed by atoms with E-state index in [1.54, 1.807) is 0 Å². The van der Waals surface area contributed by atoms with Crippen molar-refractivity contribution in [3.8, 4) is 55.8 Å². The van der Waals surface area contributed by atoms with E-state index in [0.717, 1.165) is 22.2 Å². The predicted molar refractivity (Wildman–Crippen MR) is 221 cm³/mol. The molecule has 0 saturated heterocycles. The number of nitrogens with zero attached hydrogens (tertiary/aromatic N) is 1. The molecule has 0 aliphatic heterocycles. The van der Waals surface area contributed by atoms with E-state index < -0.39 is 0 Å². The first kappa shape index (κ1) is 30.0. The van der Waals surface area contributed by atoms with Crippen LogP contribution in [0.15, 0.2) is 200 Å². The first-order valence-corrected chi connectivity index (χ1v) is 17.9. The lowest BCUT2D eigenvalue weighted by Crippen LogP contribution is -1.92. The summed E-state index contributed by atoms with van der Waals surface area (Å²) in [7, 11) is 0. The molecule has 9 aromatic carbocycles. The van der Waals surface area contributed by atoms with Gasteiger partial charge >= 0.3 is 0 Å². The molecule has 10 rings (SSSR count). The maximum Gasteiger partial charge on any atom is 0.0715 e. The standard InChI is InChI=1S/C51H33N/c1-3-13-34(14-4-1)42-24-26-44(48-21-11-9-19-46(42)48)39-30-40(45-27-25-43(35-15-5-2-6-16-35)47-20-10-12-22-49(45)47)32-41(31-39)50-28-23-38-29-36-17-7-8-18-37(36)33-51(38)52-50/h1-33H. The monoisotopic (exact) mass is 659 g/mol. The Kier molecular flexibility index (Phi) is 7.22. The van der Waals surface area contributed by atoms with Gasteiger partial charge in [0.2, 0.25) is 0 Å². The van der Waals surface area contributed by atoms with Gasteiger partial charge in [-0.3, -0.25) is 0 Å². The zero-order valence-corrected chi connectivity index (χ0v) is 28.5. The molecule has 0 saturated carbocycles. The first-order chi connectivity index (χ1) is 25.8. The van der Waals surface area contributed by atoms with Crippen molar-refractivity contribution in [3.63, 3.8) is 0 Å². The van der Waals surface area contributed by atoms with Gasteiger partial charge in [-0.05, 0) is 113 Å². The fourth-order valence-corrected chi connectivity index (χ4v) is 7.90. The lowest BCUT2D eigenvalue weighted by Gasteiger charge is -2.17. The third-order valence-electron chi connectivity index (χ3n) is 10.4. The second-order valence-corrected chi connectivity index (χ2v) is 13.5. The number of hydrogen-bond donors (Lipinski definition) is 0. The lowest BCUT2D eigenvalue weighted by molar-refractivity contribution is 1.40. The Morgan fingerprint density at radius 3 is 1.15 bits per heavy atom. The molecule has 1 aromatic heterocycles. The molecule has 0 spiro atoms. The van der Waals surface area contributed by atoms with Gasteiger partial charge in [0.1, 0.15) is 0 Å². The third-order valence-corrected chi connectivity index (χ3v) is 10.4. The fraction of sp³-hybridized carbons (Fsp3) is 0. The highest BCUT2D eigenvalue weighted by molar-refractivity contribution is 6.08. The summed E-state index contributed by atoms with van der Waals surface area (Å²) in [4.78, 5) is 5.30. The van der Waals surface area contributed by atoms with Crippen molar-refractivity contribution >= 4 is 43.2 Å². The van der Waals surface area contributed by atoms with Crippen LogP contribution in [0.5, 0.6) is 0 Å². The molecule has 0 amide bonds. The van der Waals surface area contributed by atoms with Crippen LogP contribution < -0.4 is 0 Å². The summed E-state index contributed by atoms with van der Waals surface area (Å²) in [6, 6.07) is 72.5. The van der Waals surface area contributed by atoms with Crippen LogP contribution in [-0.2, 0) is 0 Å². The Hall–Kier alpha value is -6.83. The zero-order valence-electron chi connectivity index (χ0n) is 28.5. The Balaban J connectivity index is 1.22. The summed E-state index contributed by atoms with van der Waals surface area (Å²) in [5.74, 6) is 0. The van der Waals surface area contributed by atoms with Gasteiger partial charge in [0, 0.05) is 10.9 Å². The Labute approximate surface area is 303 Å². The van der Waals surface area contributed by atoms with Gasteiger partial charge < -0.3 is 0 Å². The van der Waals surface area contributed by atoms with E-state index in [0.29, 0.717) is 0 Å². The van der Waals surface area contributed by atoms with Crippen LogP contribution >= 0.6 is 0 Å². The van der Waals surface area contributed by atoms with Crippen molar-refractivity contribution in [1.29, 1.82) is 0 Å². The second-order valence-electron chi connectivity index (χ2n) is 13.5. The van der Waals surface area contributed by atoms with Crippen molar-refractivity contribution in [2.75, 3.05) is 0 Å². The maximum atomic E-state index is 5.30. The van der Waals surface area contributed by atoms with Gasteiger partial charge in [0.25, 0.3) is 0 Å². The number of aromatic nitrogens is 1. The minimum Gasteiger partial charge on any atom is -0.248 e. The van der Waals surface area contributed by atoms with E-state index in [1.165, 1.54) is 76.8 Å². The van der Waals surface area contributed by atoms with Crippen molar-refractivity contribution in [1.82, 2.24) is 4.98 Å². The third kappa shape index (κ3) is 5.23. The molecule has 0 radical (unpaired) electrons. The number of fused-ring (bicyclic) bond motifs is 4. The predicted octanol–water partition coefficient (Wildman–Crippen LogP) is 14.0. The number of pyridine rings is 1. The summed E-state index contributed by atoms with van der Waals surface area (Å²) >= 11 is 0. The van der Waals surface area contributed by atoms with E-state index >= 15 is 0 Å². The van der Waals surface area contributed by atoms with Crippen LogP contribution in [0.4, 0.5) is 0 Å². The number of benzene rings is 9. The van der Waals surface area contributed by atoms with Gasteiger partial charge in [-0.25, -0.2) is 4.98 Å². The highest BCUT2D eigenvalue weighted by Gasteiger charge is 2.16. The molecule has 0 aliphatic rings. The Morgan fingerprint density at radius 2 is 0.654 bits per heavy atom. The minimum atomic E-state index is 0.960. The molecule has 1 heterocycles. The molecular formula is C51H33N. The van der Waals surface area contributed by atoms with E-state index in [9.17, 15) is 0 Å². The summed E-state index contributed by atoms with van der Waals surface area (Å²) in [6.45, 7) is 0. The molecule has 52 heavy (non-hydrogen) atoms. The molecule has 242 valence electrons. The van der Waals surface area contributed by atoms with Crippen LogP contribution in [0.1, 0.15) is 0 Å². The number of hydrogen-bond acceptors (Lipinski definition) is 1. The topological polar surface area (TPSA) is 12.9 Å². The molecule has 0 unspecified atom stereocenters. The van der Waals surface area contributed by atoms with Crippen molar-refractivity contribution in [2.24, 2.45) is 0 Å². The van der Waals surface area contributed by atoms with Crippen LogP contribution in [0.3, 0.4) is 0 Å². The molecule has 0 atom stereocenters. The molecule has 0 fully saturated rings. The molecule has 1 nitrogen and oxygen atoms in total. The molecule has 1 heteroatoms. The largest absolute Gasteiger partial charge is 0.248 e. The minimum absolute atomic E-state index is 0.960. The van der Waals surface area contributed by atoms with Gasteiger partial charge in [-0.1, -0.05) is 164 Å². The van der Waals surface area contributed by atoms with Gasteiger partial charge in [-0.15, -0.1) is 0 Å². The summed E-state index contributed by atoms with van der Waals surface area (Å²) < 4.78 is 0.